The van der Waals surface area contributed by atoms with E-state index in [9.17, 15) is 14.0 Å². The Bertz CT molecular complexity index is 1420. The highest BCUT2D eigenvalue weighted by molar-refractivity contribution is 5.94. The van der Waals surface area contributed by atoms with E-state index >= 15 is 0 Å². The highest BCUT2D eigenvalue weighted by Gasteiger charge is 2.35. The molecule has 35 heavy (non-hydrogen) atoms. The highest BCUT2D eigenvalue weighted by Crippen LogP contribution is 2.35. The second-order valence-corrected chi connectivity index (χ2v) is 8.33. The van der Waals surface area contributed by atoms with Crippen molar-refractivity contribution in [3.63, 3.8) is 0 Å². The second kappa shape index (κ2) is 10.1. The number of amides is 1. The molecule has 2 atom stereocenters. The fourth-order valence-electron chi connectivity index (χ4n) is 4.39. The Hall–Kier alpha value is -4.01. The topological polar surface area (TPSA) is 84.5 Å². The number of anilines is 1. The van der Waals surface area contributed by atoms with E-state index in [1.807, 2.05) is 39.0 Å². The Morgan fingerprint density at radius 1 is 1.17 bits per heavy atom. The van der Waals surface area contributed by atoms with Crippen LogP contribution in [-0.2, 0) is 7.05 Å². The van der Waals surface area contributed by atoms with Gasteiger partial charge in [0.05, 0.1) is 17.9 Å². The van der Waals surface area contributed by atoms with Gasteiger partial charge in [0.25, 0.3) is 11.5 Å². The van der Waals surface area contributed by atoms with E-state index in [0.29, 0.717) is 18.8 Å². The van der Waals surface area contributed by atoms with Gasteiger partial charge in [-0.25, -0.2) is 13.9 Å². The summed E-state index contributed by atoms with van der Waals surface area (Å²) in [5.41, 5.74) is 2.18. The van der Waals surface area contributed by atoms with Crippen LogP contribution < -0.4 is 15.8 Å². The normalized spacial score (nSPS) is 17.2. The van der Waals surface area contributed by atoms with E-state index in [-0.39, 0.29) is 30.5 Å². The largest absolute Gasteiger partial charge is 0.347 e. The molecule has 1 aliphatic rings. The predicted molar refractivity (Wildman–Crippen MR) is 135 cm³/mol. The quantitative estimate of drug-likeness (QED) is 0.481. The Morgan fingerprint density at radius 3 is 2.74 bits per heavy atom. The maximum Gasteiger partial charge on any atom is 0.263 e. The standard InChI is InChI=1S/C24H23FN6O2.C2H6.H2/c1-15-13-26-21-8-9-22(28-31(15)21)30-14-18(12-20(30)16-5-3-6-17(25)11-16)27-23(32)19-7-4-10-29(2)24(19)33;1-2;/h3-11,13,18,20H,12,14H2,1-2H3,(H,27,32);1-2H3;1H/t18?,20-;;/m1../s1. The minimum absolute atomic E-state index is 0. The summed E-state index contributed by atoms with van der Waals surface area (Å²) < 4.78 is 17.2. The lowest BCUT2D eigenvalue weighted by Gasteiger charge is -2.26. The van der Waals surface area contributed by atoms with Crippen LogP contribution in [0.2, 0.25) is 0 Å². The number of carbonyl (C=O) groups excluding carboxylic acids is 1. The van der Waals surface area contributed by atoms with E-state index in [4.69, 9.17) is 5.10 Å². The number of fused-ring (bicyclic) bond motifs is 1. The molecule has 0 bridgehead atoms. The predicted octanol–water partition coefficient (Wildman–Crippen LogP) is 3.90. The van der Waals surface area contributed by atoms with Crippen LogP contribution in [0.1, 0.15) is 49.4 Å². The zero-order valence-electron chi connectivity index (χ0n) is 20.3. The summed E-state index contributed by atoms with van der Waals surface area (Å²) >= 11 is 0. The minimum atomic E-state index is -0.421. The molecule has 4 heterocycles. The van der Waals surface area contributed by atoms with Crippen LogP contribution in [0.5, 0.6) is 0 Å². The van der Waals surface area contributed by atoms with Crippen molar-refractivity contribution in [1.29, 1.82) is 0 Å². The van der Waals surface area contributed by atoms with Gasteiger partial charge in [-0.15, -0.1) is 5.10 Å². The van der Waals surface area contributed by atoms with Crippen molar-refractivity contribution < 1.29 is 10.6 Å². The number of benzene rings is 1. The van der Waals surface area contributed by atoms with Crippen molar-refractivity contribution in [3.8, 4) is 0 Å². The third-order valence-electron chi connectivity index (χ3n) is 6.05. The number of hydrogen-bond donors (Lipinski definition) is 1. The van der Waals surface area contributed by atoms with Crippen molar-refractivity contribution in [2.45, 2.75) is 39.3 Å². The van der Waals surface area contributed by atoms with Crippen LogP contribution in [0.3, 0.4) is 0 Å². The first kappa shape index (κ1) is 24.1. The average molecular weight is 479 g/mol. The van der Waals surface area contributed by atoms with Gasteiger partial charge in [0, 0.05) is 27.3 Å². The summed E-state index contributed by atoms with van der Waals surface area (Å²) in [4.78, 5) is 31.6. The summed E-state index contributed by atoms with van der Waals surface area (Å²) in [6, 6.07) is 13.0. The number of nitrogens with zero attached hydrogens (tertiary/aromatic N) is 5. The molecular weight excluding hydrogens is 447 g/mol. The van der Waals surface area contributed by atoms with Gasteiger partial charge in [-0.3, -0.25) is 9.59 Å². The zero-order valence-corrected chi connectivity index (χ0v) is 20.3. The summed E-state index contributed by atoms with van der Waals surface area (Å²) in [5.74, 6) is -0.0401. The van der Waals surface area contributed by atoms with Crippen LogP contribution in [0.25, 0.3) is 5.65 Å². The third kappa shape index (κ3) is 4.80. The lowest BCUT2D eigenvalue weighted by atomic mass is 10.0. The molecule has 1 amide bonds. The Labute approximate surface area is 204 Å². The average Bonchev–Trinajstić information content (AvgIpc) is 3.45. The molecule has 1 N–H and O–H groups in total. The number of hydrogen-bond acceptors (Lipinski definition) is 5. The molecule has 1 fully saturated rings. The first-order chi connectivity index (χ1) is 16.9. The number of carbonyl (C=O) groups is 1. The summed E-state index contributed by atoms with van der Waals surface area (Å²) in [6.45, 7) is 6.39. The van der Waals surface area contributed by atoms with Gasteiger partial charge in [-0.2, -0.15) is 0 Å². The van der Waals surface area contributed by atoms with Gasteiger partial charge in [-0.05, 0) is 55.3 Å². The SMILES string of the molecule is CC.Cc1cnc2ccc(N3CC(NC(=O)c4cccn(C)c4=O)C[C@@H]3c3cccc(F)c3)nn12.[HH]. The zero-order chi connectivity index (χ0) is 25.1. The number of halogens is 1. The molecule has 5 rings (SSSR count). The molecule has 1 aliphatic heterocycles. The van der Waals surface area contributed by atoms with E-state index in [1.54, 1.807) is 36.1 Å². The lowest BCUT2D eigenvalue weighted by molar-refractivity contribution is 0.0937. The molecule has 4 aromatic rings. The van der Waals surface area contributed by atoms with Crippen LogP contribution in [0.4, 0.5) is 10.2 Å². The lowest BCUT2D eigenvalue weighted by Crippen LogP contribution is -2.40. The molecule has 1 saturated heterocycles. The molecule has 0 radical (unpaired) electrons. The van der Waals surface area contributed by atoms with Crippen molar-refractivity contribution in [2.75, 3.05) is 11.4 Å². The molecule has 0 aliphatic carbocycles. The van der Waals surface area contributed by atoms with Crippen LogP contribution in [0, 0.1) is 12.7 Å². The number of pyridine rings is 1. The fraction of sp³-hybridized carbons (Fsp3) is 0.308. The van der Waals surface area contributed by atoms with Crippen LogP contribution in [-0.4, -0.2) is 37.7 Å². The molecule has 8 nitrogen and oxygen atoms in total. The Balaban J connectivity index is 0.00000117. The van der Waals surface area contributed by atoms with E-state index in [1.165, 1.54) is 22.8 Å². The molecule has 3 aromatic heterocycles. The highest BCUT2D eigenvalue weighted by atomic mass is 19.1. The molecule has 1 unspecified atom stereocenters. The van der Waals surface area contributed by atoms with Crippen molar-refractivity contribution in [2.24, 2.45) is 7.05 Å². The first-order valence-electron chi connectivity index (χ1n) is 11.7. The van der Waals surface area contributed by atoms with E-state index in [0.717, 1.165) is 16.9 Å². The summed E-state index contributed by atoms with van der Waals surface area (Å²) in [6.07, 6.45) is 3.91. The molecule has 9 heteroatoms. The molecular formula is C26H31FN6O2. The van der Waals surface area contributed by atoms with Gasteiger partial charge in [0.2, 0.25) is 0 Å². The smallest absolute Gasteiger partial charge is 0.263 e. The Morgan fingerprint density at radius 2 is 1.97 bits per heavy atom. The van der Waals surface area contributed by atoms with Crippen molar-refractivity contribution >= 4 is 17.4 Å². The molecule has 184 valence electrons. The third-order valence-corrected chi connectivity index (χ3v) is 6.05. The summed E-state index contributed by atoms with van der Waals surface area (Å²) in [7, 11) is 1.61. The number of nitrogens with one attached hydrogen (secondary N) is 1. The molecule has 0 spiro atoms. The second-order valence-electron chi connectivity index (χ2n) is 8.33. The molecule has 0 saturated carbocycles. The first-order valence-corrected chi connectivity index (χ1v) is 11.7. The van der Waals surface area contributed by atoms with Crippen LogP contribution >= 0.6 is 0 Å². The number of aryl methyl sites for hydroxylation is 2. The Kier molecular flexibility index (Phi) is 6.95. The van der Waals surface area contributed by atoms with Crippen LogP contribution in [0.15, 0.2) is 65.7 Å². The number of aromatic nitrogens is 4. The van der Waals surface area contributed by atoms with E-state index in [2.05, 4.69) is 15.2 Å². The van der Waals surface area contributed by atoms with Gasteiger partial charge >= 0.3 is 0 Å². The van der Waals surface area contributed by atoms with Gasteiger partial charge < -0.3 is 14.8 Å². The molecule has 1 aromatic carbocycles. The summed E-state index contributed by atoms with van der Waals surface area (Å²) in [5, 5.41) is 7.72. The van der Waals surface area contributed by atoms with Crippen molar-refractivity contribution in [1.82, 2.24) is 24.5 Å². The van der Waals surface area contributed by atoms with E-state index < -0.39 is 5.91 Å². The van der Waals surface area contributed by atoms with Gasteiger partial charge in [0.1, 0.15) is 17.2 Å². The fourth-order valence-corrected chi connectivity index (χ4v) is 4.39. The number of imidazole rings is 1. The van der Waals surface area contributed by atoms with Gasteiger partial charge in [-0.1, -0.05) is 26.0 Å². The number of rotatable bonds is 4. The minimum Gasteiger partial charge on any atom is -0.347 e. The van der Waals surface area contributed by atoms with Gasteiger partial charge in [0.15, 0.2) is 5.65 Å². The maximum atomic E-state index is 14.0. The maximum absolute atomic E-state index is 14.0. The van der Waals surface area contributed by atoms with Crippen molar-refractivity contribution in [3.05, 3.63) is 93.9 Å². The monoisotopic (exact) mass is 478 g/mol.